The zero-order valence-corrected chi connectivity index (χ0v) is 21.6. The van der Waals surface area contributed by atoms with Crippen molar-refractivity contribution in [1.82, 2.24) is 15.5 Å². The zero-order valence-electron chi connectivity index (χ0n) is 20.8. The third-order valence-corrected chi connectivity index (χ3v) is 9.57. The lowest BCUT2D eigenvalue weighted by Gasteiger charge is -2.42. The Morgan fingerprint density at radius 3 is 2.38 bits per heavy atom. The van der Waals surface area contributed by atoms with E-state index in [9.17, 15) is 19.5 Å². The van der Waals surface area contributed by atoms with Crippen LogP contribution in [0, 0.1) is 23.2 Å². The number of hydrogen-bond donors (Lipinski definition) is 3. The first-order chi connectivity index (χ1) is 14.7. The summed E-state index contributed by atoms with van der Waals surface area (Å²) in [6.07, 6.45) is 2.14. The largest absolute Gasteiger partial charge is 0.394 e. The lowest BCUT2D eigenvalue weighted by Crippen LogP contribution is -2.61. The number of carbonyl (C=O) groups excluding carboxylic acids is 3. The summed E-state index contributed by atoms with van der Waals surface area (Å²) in [5.41, 5.74) is -0.428. The van der Waals surface area contributed by atoms with Crippen LogP contribution < -0.4 is 10.6 Å². The highest BCUT2D eigenvalue weighted by molar-refractivity contribution is 8.02. The molecule has 2 bridgehead atoms. The number of rotatable bonds is 7. The summed E-state index contributed by atoms with van der Waals surface area (Å²) in [4.78, 5) is 42.3. The van der Waals surface area contributed by atoms with Gasteiger partial charge in [-0.15, -0.1) is 11.8 Å². The van der Waals surface area contributed by atoms with Crippen molar-refractivity contribution < 1.29 is 19.5 Å². The predicted molar refractivity (Wildman–Crippen MR) is 127 cm³/mol. The molecule has 3 N–H and O–H groups in total. The fraction of sp³-hybridized carbons (Fsp3) is 0.875. The van der Waals surface area contributed by atoms with Crippen LogP contribution in [0.15, 0.2) is 0 Å². The van der Waals surface area contributed by atoms with Gasteiger partial charge in [-0.3, -0.25) is 14.4 Å². The third-order valence-electron chi connectivity index (χ3n) is 7.49. The smallest absolute Gasteiger partial charge is 0.244 e. The molecule has 3 aliphatic heterocycles. The molecule has 7 atom stereocenters. The molecule has 1 spiro atoms. The van der Waals surface area contributed by atoms with Gasteiger partial charge in [0.2, 0.25) is 17.7 Å². The molecule has 3 aliphatic rings. The monoisotopic (exact) mass is 467 g/mol. The van der Waals surface area contributed by atoms with Gasteiger partial charge in [0, 0.05) is 17.8 Å². The fourth-order valence-electron chi connectivity index (χ4n) is 6.80. The average molecular weight is 468 g/mol. The van der Waals surface area contributed by atoms with E-state index in [1.165, 1.54) is 0 Å². The number of carbonyl (C=O) groups is 3. The number of likely N-dealkylation sites (tertiary alicyclic amines) is 1. The van der Waals surface area contributed by atoms with E-state index >= 15 is 0 Å². The van der Waals surface area contributed by atoms with E-state index in [1.54, 1.807) is 23.7 Å². The first-order valence-corrected chi connectivity index (χ1v) is 12.8. The molecule has 3 fully saturated rings. The quantitative estimate of drug-likeness (QED) is 0.533. The number of amides is 3. The number of nitrogens with zero attached hydrogens (tertiary/aromatic N) is 1. The first-order valence-electron chi connectivity index (χ1n) is 11.9. The Bertz CT molecular complexity index is 776. The Labute approximate surface area is 196 Å². The van der Waals surface area contributed by atoms with Crippen molar-refractivity contribution >= 4 is 29.5 Å². The average Bonchev–Trinajstić information content (AvgIpc) is 3.24. The Morgan fingerprint density at radius 2 is 1.88 bits per heavy atom. The van der Waals surface area contributed by atoms with Crippen LogP contribution in [-0.4, -0.2) is 69.0 Å². The van der Waals surface area contributed by atoms with Gasteiger partial charge in [0.05, 0.1) is 29.2 Å². The maximum atomic E-state index is 14.0. The van der Waals surface area contributed by atoms with E-state index in [1.807, 2.05) is 20.8 Å². The molecule has 3 heterocycles. The summed E-state index contributed by atoms with van der Waals surface area (Å²) >= 11 is 1.67. The summed E-state index contributed by atoms with van der Waals surface area (Å²) in [6, 6.07) is -1.14. The van der Waals surface area contributed by atoms with Crippen LogP contribution in [-0.2, 0) is 14.4 Å². The second-order valence-corrected chi connectivity index (χ2v) is 13.3. The van der Waals surface area contributed by atoms with Gasteiger partial charge in [-0.2, -0.15) is 0 Å². The summed E-state index contributed by atoms with van der Waals surface area (Å²) < 4.78 is -0.649. The van der Waals surface area contributed by atoms with Crippen molar-refractivity contribution in [1.29, 1.82) is 0 Å². The lowest BCUT2D eigenvalue weighted by atomic mass is 9.65. The van der Waals surface area contributed by atoms with Gasteiger partial charge in [-0.25, -0.2) is 0 Å². The second kappa shape index (κ2) is 8.49. The summed E-state index contributed by atoms with van der Waals surface area (Å²) in [5.74, 6) is -1.30. The van der Waals surface area contributed by atoms with Crippen LogP contribution in [0.1, 0.15) is 67.7 Å². The zero-order chi connectivity index (χ0) is 24.2. The van der Waals surface area contributed by atoms with Crippen LogP contribution in [0.5, 0.6) is 0 Å². The van der Waals surface area contributed by atoms with Crippen molar-refractivity contribution in [3.05, 3.63) is 0 Å². The van der Waals surface area contributed by atoms with Crippen LogP contribution in [0.25, 0.3) is 0 Å². The van der Waals surface area contributed by atoms with E-state index in [2.05, 4.69) is 38.3 Å². The van der Waals surface area contributed by atoms with Crippen LogP contribution in [0.2, 0.25) is 0 Å². The minimum Gasteiger partial charge on any atom is -0.394 e. The number of fused-ring (bicyclic) bond motifs is 1. The Hall–Kier alpha value is -1.28. The summed E-state index contributed by atoms with van der Waals surface area (Å²) in [7, 11) is 1.61. The maximum absolute atomic E-state index is 14.0. The normalized spacial score (nSPS) is 35.1. The minimum absolute atomic E-state index is 0.0258. The molecule has 0 aromatic rings. The Morgan fingerprint density at radius 1 is 1.25 bits per heavy atom. The number of aliphatic hydroxyl groups excluding tert-OH is 1. The van der Waals surface area contributed by atoms with Crippen molar-refractivity contribution in [3.63, 3.8) is 0 Å². The molecule has 8 heteroatoms. The van der Waals surface area contributed by atoms with E-state index < -0.39 is 34.2 Å². The highest BCUT2D eigenvalue weighted by Crippen LogP contribution is 2.68. The topological polar surface area (TPSA) is 98.7 Å². The highest BCUT2D eigenvalue weighted by atomic mass is 32.2. The first kappa shape index (κ1) is 25.3. The Kier molecular flexibility index (Phi) is 6.73. The molecule has 0 aromatic carbocycles. The number of thioether (sulfide) groups is 1. The van der Waals surface area contributed by atoms with Gasteiger partial charge in [0.1, 0.15) is 6.04 Å². The molecular formula is C24H41N3O4S. The van der Waals surface area contributed by atoms with Gasteiger partial charge in [0.25, 0.3) is 0 Å². The molecule has 3 saturated heterocycles. The number of nitrogens with one attached hydrogen (secondary N) is 2. The van der Waals surface area contributed by atoms with E-state index in [0.717, 1.165) is 12.8 Å². The van der Waals surface area contributed by atoms with Crippen LogP contribution in [0.4, 0.5) is 0 Å². The Balaban J connectivity index is 2.06. The van der Waals surface area contributed by atoms with Crippen molar-refractivity contribution in [2.45, 2.75) is 95.3 Å². The van der Waals surface area contributed by atoms with Crippen LogP contribution >= 0.6 is 11.8 Å². The molecule has 32 heavy (non-hydrogen) atoms. The number of aliphatic hydroxyl groups is 1. The van der Waals surface area contributed by atoms with E-state index in [4.69, 9.17) is 0 Å². The van der Waals surface area contributed by atoms with Crippen molar-refractivity contribution in [2.24, 2.45) is 23.2 Å². The van der Waals surface area contributed by atoms with Gasteiger partial charge in [-0.1, -0.05) is 34.6 Å². The molecular weight excluding hydrogens is 426 g/mol. The number of hydrogen-bond acceptors (Lipinski definition) is 5. The van der Waals surface area contributed by atoms with Gasteiger partial charge in [0.15, 0.2) is 0 Å². The van der Waals surface area contributed by atoms with Crippen molar-refractivity contribution in [3.8, 4) is 0 Å². The van der Waals surface area contributed by atoms with E-state index in [0.29, 0.717) is 6.42 Å². The molecule has 3 amide bonds. The van der Waals surface area contributed by atoms with Gasteiger partial charge in [-0.05, 0) is 44.4 Å². The molecule has 182 valence electrons. The van der Waals surface area contributed by atoms with Crippen molar-refractivity contribution in [2.75, 3.05) is 13.7 Å². The summed E-state index contributed by atoms with van der Waals surface area (Å²) in [5, 5.41) is 16.1. The molecule has 3 rings (SSSR count). The molecule has 0 aliphatic carbocycles. The SMILES string of the molecule is CC[C@@H](CO)N1C(=O)[C@@H]2[C@H](C(=O)NC)[C@@H]3CC(C)C2(S3)C1C(=O)NC(C)(C)CC(C)(C)C. The minimum atomic E-state index is -0.698. The lowest BCUT2D eigenvalue weighted by molar-refractivity contribution is -0.143. The predicted octanol–water partition coefficient (Wildman–Crippen LogP) is 2.17. The summed E-state index contributed by atoms with van der Waals surface area (Å²) in [6.45, 7) is 14.3. The van der Waals surface area contributed by atoms with Crippen LogP contribution in [0.3, 0.4) is 0 Å². The van der Waals surface area contributed by atoms with E-state index in [-0.39, 0.29) is 40.9 Å². The molecule has 7 nitrogen and oxygen atoms in total. The molecule has 0 radical (unpaired) electrons. The second-order valence-electron chi connectivity index (χ2n) is 11.8. The van der Waals surface area contributed by atoms with Gasteiger partial charge >= 0.3 is 0 Å². The molecule has 0 saturated carbocycles. The van der Waals surface area contributed by atoms with Gasteiger partial charge < -0.3 is 20.6 Å². The standard InChI is InChI=1S/C24H41N3O4S/c1-9-14(11-28)27-18(20(30)26-23(6,7)12-22(3,4)5)24-13(2)10-15(32-24)16(19(29)25-8)17(24)21(27)31/h13-18,28H,9-12H2,1-8H3,(H,25,29)(H,26,30)/t13?,14-,15-,16+,17-,18?,24?/m0/s1. The maximum Gasteiger partial charge on any atom is 0.244 e. The molecule has 3 unspecified atom stereocenters. The fourth-order valence-corrected chi connectivity index (χ4v) is 9.21. The third kappa shape index (κ3) is 3.95. The highest BCUT2D eigenvalue weighted by Gasteiger charge is 2.76. The molecule has 0 aromatic heterocycles.